The van der Waals surface area contributed by atoms with Gasteiger partial charge in [0.15, 0.2) is 5.82 Å². The van der Waals surface area contributed by atoms with Crippen LogP contribution in [-0.4, -0.2) is 26.3 Å². The Labute approximate surface area is 193 Å². The fourth-order valence-corrected chi connectivity index (χ4v) is 5.51. The Hall–Kier alpha value is -3.04. The first kappa shape index (κ1) is 22.7. The molecule has 0 unspecified atom stereocenters. The molecule has 2 aromatic heterocycles. The highest BCUT2D eigenvalue weighted by Gasteiger charge is 2.48. The van der Waals surface area contributed by atoms with Crippen molar-refractivity contribution in [2.45, 2.75) is 51.8 Å². The molecule has 3 heterocycles. The van der Waals surface area contributed by atoms with Crippen molar-refractivity contribution in [3.8, 4) is 5.69 Å². The third kappa shape index (κ3) is 3.92. The van der Waals surface area contributed by atoms with Crippen LogP contribution < -0.4 is 4.90 Å². The molecule has 0 N–H and O–H groups in total. The lowest BCUT2D eigenvalue weighted by Gasteiger charge is -2.29. The van der Waals surface area contributed by atoms with E-state index < -0.39 is 30.0 Å². The van der Waals surface area contributed by atoms with E-state index >= 15 is 0 Å². The van der Waals surface area contributed by atoms with Gasteiger partial charge in [-0.25, -0.2) is 13.8 Å². The van der Waals surface area contributed by atoms with Crippen molar-refractivity contribution in [1.29, 1.82) is 0 Å². The fourth-order valence-electron chi connectivity index (χ4n) is 5.51. The average molecular weight is 477 g/mol. The molecule has 1 aliphatic heterocycles. The van der Waals surface area contributed by atoms with Gasteiger partial charge in [-0.05, 0) is 68.4 Å². The molecule has 3 aromatic rings. The fraction of sp³-hybridized carbons (Fsp3) is 0.458. The van der Waals surface area contributed by atoms with Crippen LogP contribution >= 0.6 is 0 Å². The molecule has 2 aliphatic rings. The normalized spacial score (nSPS) is 22.6. The van der Waals surface area contributed by atoms with Crippen LogP contribution in [0.25, 0.3) is 5.69 Å². The van der Waals surface area contributed by atoms with E-state index in [9.17, 15) is 22.0 Å². The summed E-state index contributed by atoms with van der Waals surface area (Å²) in [5, 5.41) is 8.02. The minimum Gasteiger partial charge on any atom is -0.346 e. The molecular weight excluding hydrogens is 453 g/mol. The van der Waals surface area contributed by atoms with Gasteiger partial charge in [-0.15, -0.1) is 10.2 Å². The Morgan fingerprint density at radius 3 is 2.53 bits per heavy atom. The predicted molar refractivity (Wildman–Crippen MR) is 116 cm³/mol. The molecule has 5 nitrogen and oxygen atoms in total. The summed E-state index contributed by atoms with van der Waals surface area (Å²) in [6.07, 6.45) is -4.62. The summed E-state index contributed by atoms with van der Waals surface area (Å²) in [5.41, 5.74) is 0.854. The zero-order valence-electron chi connectivity index (χ0n) is 18.7. The Bertz CT molecular complexity index is 1200. The van der Waals surface area contributed by atoms with Crippen LogP contribution in [0.3, 0.4) is 0 Å². The van der Waals surface area contributed by atoms with E-state index in [-0.39, 0.29) is 23.3 Å². The predicted octanol–water partition coefficient (Wildman–Crippen LogP) is 6.21. The van der Waals surface area contributed by atoms with E-state index in [0.29, 0.717) is 18.1 Å². The van der Waals surface area contributed by atoms with Gasteiger partial charge in [0, 0.05) is 17.9 Å². The molecule has 1 saturated heterocycles. The molecule has 1 saturated carbocycles. The van der Waals surface area contributed by atoms with Crippen molar-refractivity contribution in [3.05, 3.63) is 64.9 Å². The van der Waals surface area contributed by atoms with Gasteiger partial charge in [0.2, 0.25) is 5.82 Å². The van der Waals surface area contributed by atoms with Crippen molar-refractivity contribution >= 4 is 5.82 Å². The topological polar surface area (TPSA) is 46.8 Å². The van der Waals surface area contributed by atoms with E-state index in [0.717, 1.165) is 37.0 Å². The maximum absolute atomic E-state index is 14.0. The van der Waals surface area contributed by atoms with Crippen LogP contribution in [0.4, 0.5) is 27.8 Å². The molecular formula is C24H24F5N5. The lowest BCUT2D eigenvalue weighted by atomic mass is 9.93. The van der Waals surface area contributed by atoms with Crippen molar-refractivity contribution in [2.24, 2.45) is 11.8 Å². The standard InChI is InChI=1S/C24H24F5N5/c1-13-5-3-7-17(9-13)34-22(31-32-23(34)21(25)26)20-18-8-4-6-15(18)12-33(20)19-11-16(24(27,28)29)10-14(2)30-19/h3,5,7,9-11,15,18,20-21H,4,6,8,12H2,1-2H3/t15-,18-,20-/m0/s1. The van der Waals surface area contributed by atoms with Gasteiger partial charge < -0.3 is 4.90 Å². The maximum Gasteiger partial charge on any atom is 0.416 e. The van der Waals surface area contributed by atoms with Crippen LogP contribution in [0.15, 0.2) is 36.4 Å². The number of halogens is 5. The van der Waals surface area contributed by atoms with E-state index in [4.69, 9.17) is 0 Å². The van der Waals surface area contributed by atoms with Gasteiger partial charge in [-0.2, -0.15) is 13.2 Å². The maximum atomic E-state index is 14.0. The van der Waals surface area contributed by atoms with Crippen LogP contribution in [0, 0.1) is 25.7 Å². The van der Waals surface area contributed by atoms with Gasteiger partial charge in [-0.1, -0.05) is 18.6 Å². The number of aromatic nitrogens is 4. The summed E-state index contributed by atoms with van der Waals surface area (Å²) in [4.78, 5) is 6.22. The highest BCUT2D eigenvalue weighted by Crippen LogP contribution is 2.51. The quantitative estimate of drug-likeness (QED) is 0.419. The molecule has 0 amide bonds. The number of benzene rings is 1. The third-order valence-corrected chi connectivity index (χ3v) is 6.88. The second-order valence-corrected chi connectivity index (χ2v) is 9.20. The molecule has 180 valence electrons. The van der Waals surface area contributed by atoms with E-state index in [1.54, 1.807) is 18.2 Å². The lowest BCUT2D eigenvalue weighted by Crippen LogP contribution is -2.29. The summed E-state index contributed by atoms with van der Waals surface area (Å²) in [6.45, 7) is 3.88. The number of hydrogen-bond donors (Lipinski definition) is 0. The summed E-state index contributed by atoms with van der Waals surface area (Å²) < 4.78 is 69.9. The van der Waals surface area contributed by atoms with Gasteiger partial charge in [-0.3, -0.25) is 4.57 Å². The molecule has 34 heavy (non-hydrogen) atoms. The molecule has 0 bridgehead atoms. The summed E-state index contributed by atoms with van der Waals surface area (Å²) in [5.74, 6) is 0.306. The average Bonchev–Trinajstić information content (AvgIpc) is 3.46. The van der Waals surface area contributed by atoms with Gasteiger partial charge in [0.05, 0.1) is 11.6 Å². The Morgan fingerprint density at radius 2 is 1.82 bits per heavy atom. The van der Waals surface area contributed by atoms with Crippen molar-refractivity contribution in [1.82, 2.24) is 19.7 Å². The van der Waals surface area contributed by atoms with Gasteiger partial charge in [0.25, 0.3) is 6.43 Å². The Morgan fingerprint density at radius 1 is 1.03 bits per heavy atom. The zero-order valence-corrected chi connectivity index (χ0v) is 18.7. The zero-order chi connectivity index (χ0) is 24.2. The lowest BCUT2D eigenvalue weighted by molar-refractivity contribution is -0.137. The molecule has 2 fully saturated rings. The van der Waals surface area contributed by atoms with Gasteiger partial charge in [0.1, 0.15) is 5.82 Å². The second kappa shape index (κ2) is 8.32. The van der Waals surface area contributed by atoms with E-state index in [1.165, 1.54) is 11.5 Å². The van der Waals surface area contributed by atoms with E-state index in [1.807, 2.05) is 17.9 Å². The first-order valence-corrected chi connectivity index (χ1v) is 11.3. The number of nitrogens with zero attached hydrogens (tertiary/aromatic N) is 5. The first-order valence-electron chi connectivity index (χ1n) is 11.3. The number of rotatable bonds is 4. The highest BCUT2D eigenvalue weighted by atomic mass is 19.4. The van der Waals surface area contributed by atoms with Gasteiger partial charge >= 0.3 is 6.18 Å². The summed E-state index contributed by atoms with van der Waals surface area (Å²) in [6, 6.07) is 8.66. The molecule has 1 aromatic carbocycles. The number of pyridine rings is 1. The number of alkyl halides is 5. The second-order valence-electron chi connectivity index (χ2n) is 9.20. The number of anilines is 1. The molecule has 0 spiro atoms. The van der Waals surface area contributed by atoms with Crippen LogP contribution in [0.2, 0.25) is 0 Å². The van der Waals surface area contributed by atoms with Crippen LogP contribution in [0.1, 0.15) is 60.2 Å². The summed E-state index contributed by atoms with van der Waals surface area (Å²) in [7, 11) is 0. The number of aryl methyl sites for hydroxylation is 2. The van der Waals surface area contributed by atoms with Crippen LogP contribution in [-0.2, 0) is 6.18 Å². The summed E-state index contributed by atoms with van der Waals surface area (Å²) >= 11 is 0. The van der Waals surface area contributed by atoms with E-state index in [2.05, 4.69) is 15.2 Å². The molecule has 1 aliphatic carbocycles. The third-order valence-electron chi connectivity index (χ3n) is 6.88. The molecule has 5 rings (SSSR count). The van der Waals surface area contributed by atoms with Crippen molar-refractivity contribution in [3.63, 3.8) is 0 Å². The number of hydrogen-bond acceptors (Lipinski definition) is 4. The molecule has 10 heteroatoms. The molecule has 0 radical (unpaired) electrons. The van der Waals surface area contributed by atoms with Crippen molar-refractivity contribution < 1.29 is 22.0 Å². The highest BCUT2D eigenvalue weighted by molar-refractivity contribution is 5.49. The largest absolute Gasteiger partial charge is 0.416 e. The monoisotopic (exact) mass is 477 g/mol. The first-order chi connectivity index (χ1) is 16.1. The minimum atomic E-state index is -4.52. The Kier molecular flexibility index (Phi) is 5.56. The minimum absolute atomic E-state index is 0.0648. The SMILES string of the molecule is Cc1cccc(-n2c(C(F)F)nnc2[C@@H]2[C@H]3CCC[C@H]3CN2c2cc(C(F)(F)F)cc(C)n2)c1. The van der Waals surface area contributed by atoms with Crippen LogP contribution in [0.5, 0.6) is 0 Å². The number of fused-ring (bicyclic) bond motifs is 1. The Balaban J connectivity index is 1.67. The molecule has 3 atom stereocenters. The van der Waals surface area contributed by atoms with Crippen molar-refractivity contribution in [2.75, 3.05) is 11.4 Å². The smallest absolute Gasteiger partial charge is 0.346 e.